The molecule has 2 rings (SSSR count). The summed E-state index contributed by atoms with van der Waals surface area (Å²) in [6.07, 6.45) is -9.47. The Morgan fingerprint density at radius 2 is 1.54 bits per heavy atom. The maximum atomic E-state index is 13.3. The van der Waals surface area contributed by atoms with Crippen LogP contribution in [0, 0.1) is 6.92 Å². The van der Waals surface area contributed by atoms with E-state index in [1.54, 1.807) is 6.92 Å². The number of amides is 1. The third-order valence-electron chi connectivity index (χ3n) is 3.58. The highest BCUT2D eigenvalue weighted by molar-refractivity contribution is 5.92. The molecule has 0 heterocycles. The van der Waals surface area contributed by atoms with Gasteiger partial charge in [0.05, 0.1) is 6.54 Å². The highest BCUT2D eigenvalue weighted by Gasteiger charge is 2.40. The summed E-state index contributed by atoms with van der Waals surface area (Å²) in [6.45, 7) is 1.08. The van der Waals surface area contributed by atoms with Crippen LogP contribution < -0.4 is 15.4 Å². The van der Waals surface area contributed by atoms with Crippen LogP contribution >= 0.6 is 0 Å². The molecule has 1 amide bonds. The summed E-state index contributed by atoms with van der Waals surface area (Å²) in [5.41, 5.74) is 0.861. The number of halogens is 6. The van der Waals surface area contributed by atoms with E-state index in [-0.39, 0.29) is 11.3 Å². The SMILES string of the molecule is Cc1ccc([C@@H](NCC(=O)Nc2ccc(OC(F)(F)F)cc2)C(F)(F)F)cc1. The van der Waals surface area contributed by atoms with Gasteiger partial charge in [-0.25, -0.2) is 0 Å². The molecule has 0 fully saturated rings. The lowest BCUT2D eigenvalue weighted by Crippen LogP contribution is -2.38. The monoisotopic (exact) mass is 406 g/mol. The smallest absolute Gasteiger partial charge is 0.406 e. The molecule has 2 aromatic rings. The number of nitrogens with one attached hydrogen (secondary N) is 2. The van der Waals surface area contributed by atoms with E-state index in [1.165, 1.54) is 24.3 Å². The Morgan fingerprint density at radius 1 is 0.964 bits per heavy atom. The van der Waals surface area contributed by atoms with Crippen LogP contribution in [-0.4, -0.2) is 25.0 Å². The molecule has 4 nitrogen and oxygen atoms in total. The van der Waals surface area contributed by atoms with Crippen molar-refractivity contribution in [2.24, 2.45) is 0 Å². The van der Waals surface area contributed by atoms with E-state index >= 15 is 0 Å². The summed E-state index contributed by atoms with van der Waals surface area (Å²) in [5.74, 6) is -1.27. The summed E-state index contributed by atoms with van der Waals surface area (Å²) in [7, 11) is 0. The van der Waals surface area contributed by atoms with Crippen LogP contribution in [-0.2, 0) is 4.79 Å². The summed E-state index contributed by atoms with van der Waals surface area (Å²) < 4.78 is 79.8. The average Bonchev–Trinajstić information content (AvgIpc) is 2.56. The van der Waals surface area contributed by atoms with E-state index in [4.69, 9.17) is 0 Å². The minimum atomic E-state index is -4.85. The number of alkyl halides is 6. The van der Waals surface area contributed by atoms with Gasteiger partial charge in [-0.3, -0.25) is 10.1 Å². The first-order valence-electron chi connectivity index (χ1n) is 7.96. The van der Waals surface area contributed by atoms with Gasteiger partial charge >= 0.3 is 12.5 Å². The van der Waals surface area contributed by atoms with Gasteiger partial charge in [0.1, 0.15) is 11.8 Å². The molecule has 0 aliphatic heterocycles. The molecule has 152 valence electrons. The number of carbonyl (C=O) groups is 1. The molecule has 0 aliphatic carbocycles. The van der Waals surface area contributed by atoms with Crippen molar-refractivity contribution in [1.29, 1.82) is 0 Å². The van der Waals surface area contributed by atoms with Gasteiger partial charge < -0.3 is 10.1 Å². The van der Waals surface area contributed by atoms with E-state index < -0.39 is 36.8 Å². The Hall–Kier alpha value is -2.75. The Kier molecular flexibility index (Phi) is 6.55. The molecule has 0 radical (unpaired) electrons. The highest BCUT2D eigenvalue weighted by Crippen LogP contribution is 2.32. The summed E-state index contributed by atoms with van der Waals surface area (Å²) in [4.78, 5) is 11.9. The molecule has 0 unspecified atom stereocenters. The standard InChI is InChI=1S/C18H16F6N2O2/c1-11-2-4-12(5-3-11)16(17(19,20)21)25-10-15(27)26-13-6-8-14(9-7-13)28-18(22,23)24/h2-9,16,25H,10H2,1H3,(H,26,27)/t16-/m1/s1. The van der Waals surface area contributed by atoms with Gasteiger partial charge in [-0.05, 0) is 36.8 Å². The number of benzene rings is 2. The maximum Gasteiger partial charge on any atom is 0.573 e. The number of hydrogen-bond donors (Lipinski definition) is 2. The number of anilines is 1. The van der Waals surface area contributed by atoms with Crippen molar-refractivity contribution in [2.45, 2.75) is 25.5 Å². The third-order valence-corrected chi connectivity index (χ3v) is 3.58. The van der Waals surface area contributed by atoms with Crippen molar-refractivity contribution in [2.75, 3.05) is 11.9 Å². The summed E-state index contributed by atoms with van der Waals surface area (Å²) >= 11 is 0. The molecule has 0 saturated heterocycles. The number of aryl methyl sites for hydroxylation is 1. The second kappa shape index (κ2) is 8.51. The van der Waals surface area contributed by atoms with Crippen molar-refractivity contribution in [3.05, 3.63) is 59.7 Å². The molecular weight excluding hydrogens is 390 g/mol. The second-order valence-electron chi connectivity index (χ2n) is 5.89. The van der Waals surface area contributed by atoms with E-state index in [0.717, 1.165) is 29.8 Å². The molecule has 2 N–H and O–H groups in total. The van der Waals surface area contributed by atoms with E-state index in [9.17, 15) is 31.1 Å². The minimum Gasteiger partial charge on any atom is -0.406 e. The number of hydrogen-bond acceptors (Lipinski definition) is 3. The molecule has 0 aromatic heterocycles. The zero-order valence-electron chi connectivity index (χ0n) is 14.5. The fourth-order valence-corrected chi connectivity index (χ4v) is 2.32. The molecule has 0 aliphatic rings. The first-order valence-corrected chi connectivity index (χ1v) is 7.96. The normalized spacial score (nSPS) is 13.1. The van der Waals surface area contributed by atoms with Gasteiger partial charge in [0.25, 0.3) is 0 Å². The van der Waals surface area contributed by atoms with Crippen LogP contribution in [0.15, 0.2) is 48.5 Å². The van der Waals surface area contributed by atoms with Crippen LogP contribution in [0.3, 0.4) is 0 Å². The lowest BCUT2D eigenvalue weighted by Gasteiger charge is -2.22. The third kappa shape index (κ3) is 6.76. The maximum absolute atomic E-state index is 13.3. The van der Waals surface area contributed by atoms with Crippen LogP contribution in [0.4, 0.5) is 32.0 Å². The van der Waals surface area contributed by atoms with Crippen molar-refractivity contribution in [3.63, 3.8) is 0 Å². The quantitative estimate of drug-likeness (QED) is 0.683. The Bertz CT molecular complexity index is 786. The van der Waals surface area contributed by atoms with Gasteiger partial charge in [0.15, 0.2) is 0 Å². The molecular formula is C18H16F6N2O2. The molecule has 28 heavy (non-hydrogen) atoms. The lowest BCUT2D eigenvalue weighted by molar-refractivity contribution is -0.274. The average molecular weight is 406 g/mol. The van der Waals surface area contributed by atoms with E-state index in [2.05, 4.69) is 15.4 Å². The number of carbonyl (C=O) groups excluding carboxylic acids is 1. The van der Waals surface area contributed by atoms with Gasteiger partial charge in [0, 0.05) is 5.69 Å². The minimum absolute atomic E-state index is 0.0421. The topological polar surface area (TPSA) is 50.4 Å². The van der Waals surface area contributed by atoms with E-state index in [0.29, 0.717) is 0 Å². The number of ether oxygens (including phenoxy) is 1. The summed E-state index contributed by atoms with van der Waals surface area (Å²) in [5, 5.41) is 4.44. The van der Waals surface area contributed by atoms with Gasteiger partial charge in [-0.2, -0.15) is 13.2 Å². The second-order valence-corrected chi connectivity index (χ2v) is 5.89. The first-order chi connectivity index (χ1) is 12.9. The van der Waals surface area contributed by atoms with E-state index in [1.807, 2.05) is 0 Å². The zero-order chi connectivity index (χ0) is 20.9. The van der Waals surface area contributed by atoms with Crippen molar-refractivity contribution < 1.29 is 35.9 Å². The van der Waals surface area contributed by atoms with Crippen molar-refractivity contribution in [3.8, 4) is 5.75 Å². The van der Waals surface area contributed by atoms with Crippen molar-refractivity contribution >= 4 is 11.6 Å². The van der Waals surface area contributed by atoms with Gasteiger partial charge in [-0.1, -0.05) is 29.8 Å². The fraction of sp³-hybridized carbons (Fsp3) is 0.278. The molecule has 0 saturated carbocycles. The van der Waals surface area contributed by atoms with Crippen LogP contribution in [0.1, 0.15) is 17.2 Å². The first kappa shape index (κ1) is 21.5. The fourth-order valence-electron chi connectivity index (χ4n) is 2.32. The molecule has 2 aromatic carbocycles. The molecule has 0 bridgehead atoms. The molecule has 10 heteroatoms. The Morgan fingerprint density at radius 3 is 2.04 bits per heavy atom. The van der Waals surface area contributed by atoms with Crippen LogP contribution in [0.2, 0.25) is 0 Å². The van der Waals surface area contributed by atoms with Crippen LogP contribution in [0.5, 0.6) is 5.75 Å². The predicted molar refractivity (Wildman–Crippen MR) is 89.7 cm³/mol. The van der Waals surface area contributed by atoms with Gasteiger partial charge in [-0.15, -0.1) is 13.2 Å². The highest BCUT2D eigenvalue weighted by atomic mass is 19.4. The molecule has 1 atom stereocenters. The van der Waals surface area contributed by atoms with Crippen molar-refractivity contribution in [1.82, 2.24) is 5.32 Å². The van der Waals surface area contributed by atoms with Gasteiger partial charge in [0.2, 0.25) is 5.91 Å². The number of rotatable bonds is 6. The van der Waals surface area contributed by atoms with Crippen LogP contribution in [0.25, 0.3) is 0 Å². The summed E-state index contributed by atoms with van der Waals surface area (Å²) in [6, 6.07) is 7.88. The largest absolute Gasteiger partial charge is 0.573 e. The lowest BCUT2D eigenvalue weighted by atomic mass is 10.0. The molecule has 0 spiro atoms. The predicted octanol–water partition coefficient (Wildman–Crippen LogP) is 4.73. The Balaban J connectivity index is 1.96. The zero-order valence-corrected chi connectivity index (χ0v) is 14.5. The Labute approximate surface area is 156 Å².